The lowest BCUT2D eigenvalue weighted by molar-refractivity contribution is -0.121. The zero-order valence-electron chi connectivity index (χ0n) is 18.7. The first-order chi connectivity index (χ1) is 16.9. The lowest BCUT2D eigenvalue weighted by atomic mass is 9.83. The van der Waals surface area contributed by atoms with Gasteiger partial charge in [-0.1, -0.05) is 90.5 Å². The Labute approximate surface area is 208 Å². The number of amides is 1. The quantitative estimate of drug-likeness (QED) is 0.331. The van der Waals surface area contributed by atoms with Gasteiger partial charge in [0.2, 0.25) is 5.91 Å². The van der Waals surface area contributed by atoms with Crippen LogP contribution in [-0.4, -0.2) is 12.2 Å². The van der Waals surface area contributed by atoms with E-state index in [2.05, 4.69) is 5.32 Å². The SMILES string of the molecule is N#Cc1ccc(NC(=O)C(N)(Cc2ccc(-c3ccc(C=O)cc3)cc2)c2ccccc2)cc1Cl. The van der Waals surface area contributed by atoms with E-state index in [4.69, 9.17) is 22.6 Å². The zero-order valence-corrected chi connectivity index (χ0v) is 19.5. The lowest BCUT2D eigenvalue weighted by Crippen LogP contribution is -2.50. The molecule has 1 amide bonds. The summed E-state index contributed by atoms with van der Waals surface area (Å²) in [4.78, 5) is 24.4. The minimum Gasteiger partial charge on any atom is -0.324 e. The minimum absolute atomic E-state index is 0.254. The summed E-state index contributed by atoms with van der Waals surface area (Å²) in [5.41, 5.74) is 10.4. The van der Waals surface area contributed by atoms with Gasteiger partial charge in [-0.25, -0.2) is 0 Å². The van der Waals surface area contributed by atoms with Crippen LogP contribution in [0.15, 0.2) is 97.1 Å². The second-order valence-electron chi connectivity index (χ2n) is 8.21. The van der Waals surface area contributed by atoms with Gasteiger partial charge in [0.25, 0.3) is 0 Å². The van der Waals surface area contributed by atoms with Crippen LogP contribution in [0.2, 0.25) is 5.02 Å². The Bertz CT molecular complexity index is 1400. The molecule has 1 atom stereocenters. The first kappa shape index (κ1) is 23.9. The first-order valence-electron chi connectivity index (χ1n) is 10.9. The molecule has 0 aliphatic carbocycles. The van der Waals surface area contributed by atoms with Gasteiger partial charge in [-0.15, -0.1) is 0 Å². The van der Waals surface area contributed by atoms with Crippen molar-refractivity contribution < 1.29 is 9.59 Å². The molecule has 4 aromatic carbocycles. The largest absolute Gasteiger partial charge is 0.324 e. The number of hydrogen-bond donors (Lipinski definition) is 2. The van der Waals surface area contributed by atoms with Crippen LogP contribution in [0.25, 0.3) is 11.1 Å². The van der Waals surface area contributed by atoms with Crippen LogP contribution in [0.1, 0.15) is 27.0 Å². The number of rotatable bonds is 7. The molecule has 0 bridgehead atoms. The minimum atomic E-state index is -1.35. The number of carbonyl (C=O) groups excluding carboxylic acids is 2. The Balaban J connectivity index is 1.61. The maximum absolute atomic E-state index is 13.5. The molecule has 0 heterocycles. The first-order valence-corrected chi connectivity index (χ1v) is 11.3. The molecular formula is C29H22ClN3O2. The number of nitrogens with one attached hydrogen (secondary N) is 1. The number of aldehydes is 1. The van der Waals surface area contributed by atoms with Crippen molar-refractivity contribution in [2.75, 3.05) is 5.32 Å². The second-order valence-corrected chi connectivity index (χ2v) is 8.62. The number of carbonyl (C=O) groups is 2. The predicted molar refractivity (Wildman–Crippen MR) is 138 cm³/mol. The number of benzene rings is 4. The predicted octanol–water partition coefficient (Wildman–Crippen LogP) is 5.73. The Morgan fingerprint density at radius 3 is 2.14 bits per heavy atom. The molecule has 4 rings (SSSR count). The standard InChI is InChI=1S/C29H22ClN3O2/c30-27-16-26(15-14-24(27)18-31)33-28(35)29(32,25-4-2-1-3-5-25)17-20-6-10-22(11-7-20)23-12-8-21(19-34)9-13-23/h1-16,19H,17,32H2,(H,33,35). The van der Waals surface area contributed by atoms with Crippen molar-refractivity contribution in [2.45, 2.75) is 12.0 Å². The average Bonchev–Trinajstić information content (AvgIpc) is 2.90. The van der Waals surface area contributed by atoms with Crippen molar-refractivity contribution in [2.24, 2.45) is 5.73 Å². The van der Waals surface area contributed by atoms with Crippen LogP contribution < -0.4 is 11.1 Å². The van der Waals surface area contributed by atoms with Crippen LogP contribution in [0.4, 0.5) is 5.69 Å². The highest BCUT2D eigenvalue weighted by molar-refractivity contribution is 6.32. The molecule has 0 aliphatic rings. The van der Waals surface area contributed by atoms with Crippen LogP contribution in [0, 0.1) is 11.3 Å². The molecule has 172 valence electrons. The van der Waals surface area contributed by atoms with Gasteiger partial charge in [0.1, 0.15) is 17.9 Å². The van der Waals surface area contributed by atoms with Crippen molar-refractivity contribution in [3.63, 3.8) is 0 Å². The topological polar surface area (TPSA) is 96.0 Å². The molecule has 4 aromatic rings. The Morgan fingerprint density at radius 1 is 0.943 bits per heavy atom. The van der Waals surface area contributed by atoms with Crippen molar-refractivity contribution >= 4 is 29.5 Å². The molecule has 5 nitrogen and oxygen atoms in total. The molecule has 3 N–H and O–H groups in total. The van der Waals surface area contributed by atoms with E-state index in [0.717, 1.165) is 23.0 Å². The second kappa shape index (κ2) is 10.4. The van der Waals surface area contributed by atoms with Gasteiger partial charge in [-0.2, -0.15) is 5.26 Å². The Hall–Kier alpha value is -4.24. The molecule has 1 unspecified atom stereocenters. The highest BCUT2D eigenvalue weighted by Gasteiger charge is 2.36. The van der Waals surface area contributed by atoms with Crippen LogP contribution in [0.5, 0.6) is 0 Å². The third-order valence-corrected chi connectivity index (χ3v) is 6.17. The number of nitrogens with two attached hydrogens (primary N) is 1. The molecule has 0 saturated heterocycles. The van der Waals surface area contributed by atoms with Crippen molar-refractivity contribution in [1.29, 1.82) is 5.26 Å². The van der Waals surface area contributed by atoms with Crippen LogP contribution >= 0.6 is 11.6 Å². The van der Waals surface area contributed by atoms with Gasteiger partial charge in [0.05, 0.1) is 10.6 Å². The Kier molecular flexibility index (Phi) is 7.07. The normalized spacial score (nSPS) is 12.3. The summed E-state index contributed by atoms with van der Waals surface area (Å²) in [6.07, 6.45) is 1.07. The van der Waals surface area contributed by atoms with E-state index >= 15 is 0 Å². The third kappa shape index (κ3) is 5.30. The fourth-order valence-electron chi connectivity index (χ4n) is 3.87. The summed E-state index contributed by atoms with van der Waals surface area (Å²) in [7, 11) is 0. The molecule has 0 spiro atoms. The van der Waals surface area contributed by atoms with E-state index < -0.39 is 11.4 Å². The van der Waals surface area contributed by atoms with Crippen molar-refractivity contribution in [1.82, 2.24) is 0 Å². The number of hydrogen-bond acceptors (Lipinski definition) is 4. The van der Waals surface area contributed by atoms with E-state index in [0.29, 0.717) is 22.4 Å². The van der Waals surface area contributed by atoms with Crippen LogP contribution in [0.3, 0.4) is 0 Å². The summed E-state index contributed by atoms with van der Waals surface area (Å²) in [5.74, 6) is -0.391. The molecular weight excluding hydrogens is 458 g/mol. The summed E-state index contributed by atoms with van der Waals surface area (Å²) in [6, 6.07) is 31.1. The maximum atomic E-state index is 13.5. The summed E-state index contributed by atoms with van der Waals surface area (Å²) >= 11 is 6.13. The van der Waals surface area contributed by atoms with Crippen molar-refractivity contribution in [3.05, 3.63) is 124 Å². The average molecular weight is 480 g/mol. The maximum Gasteiger partial charge on any atom is 0.249 e. The molecule has 0 radical (unpaired) electrons. The summed E-state index contributed by atoms with van der Waals surface area (Å²) in [6.45, 7) is 0. The van der Waals surface area contributed by atoms with E-state index in [1.807, 2.05) is 72.8 Å². The molecule has 0 aliphatic heterocycles. The third-order valence-electron chi connectivity index (χ3n) is 5.86. The van der Waals surface area contributed by atoms with Crippen LogP contribution in [-0.2, 0) is 16.8 Å². The highest BCUT2D eigenvalue weighted by Crippen LogP contribution is 2.28. The molecule has 0 fully saturated rings. The number of halogens is 1. The summed E-state index contributed by atoms with van der Waals surface area (Å²) in [5, 5.41) is 12.2. The van der Waals surface area contributed by atoms with Gasteiger partial charge in [-0.05, 0) is 40.5 Å². The van der Waals surface area contributed by atoms with E-state index in [1.165, 1.54) is 6.07 Å². The molecule has 6 heteroatoms. The van der Waals surface area contributed by atoms with Gasteiger partial charge in [0, 0.05) is 17.7 Å². The fraction of sp³-hybridized carbons (Fsp3) is 0.0690. The number of nitriles is 1. The lowest BCUT2D eigenvalue weighted by Gasteiger charge is -2.29. The van der Waals surface area contributed by atoms with E-state index in [-0.39, 0.29) is 11.4 Å². The van der Waals surface area contributed by atoms with E-state index in [1.54, 1.807) is 24.3 Å². The smallest absolute Gasteiger partial charge is 0.249 e. The van der Waals surface area contributed by atoms with Gasteiger partial charge < -0.3 is 11.1 Å². The van der Waals surface area contributed by atoms with E-state index in [9.17, 15) is 9.59 Å². The molecule has 0 aromatic heterocycles. The van der Waals surface area contributed by atoms with Crippen molar-refractivity contribution in [3.8, 4) is 17.2 Å². The van der Waals surface area contributed by atoms with Gasteiger partial charge >= 0.3 is 0 Å². The fourth-order valence-corrected chi connectivity index (χ4v) is 4.09. The zero-order chi connectivity index (χ0) is 24.8. The van der Waals surface area contributed by atoms with Gasteiger partial charge in [-0.3, -0.25) is 9.59 Å². The molecule has 35 heavy (non-hydrogen) atoms. The summed E-state index contributed by atoms with van der Waals surface area (Å²) < 4.78 is 0. The molecule has 0 saturated carbocycles. The monoisotopic (exact) mass is 479 g/mol. The number of anilines is 1. The Morgan fingerprint density at radius 2 is 1.57 bits per heavy atom. The van der Waals surface area contributed by atoms with Gasteiger partial charge in [0.15, 0.2) is 0 Å². The highest BCUT2D eigenvalue weighted by atomic mass is 35.5. The number of nitrogens with zero attached hydrogens (tertiary/aromatic N) is 1.